The standard InChI is InChI=1S/C15H23NO3/c1-13(8-4-3-7-11-17)16-15(18)19-12-14-9-5-2-6-10-14/h2,5-6,9-10,13,17H,3-4,7-8,11-12H2,1H3,(H,16,18). The topological polar surface area (TPSA) is 58.6 Å². The summed E-state index contributed by atoms with van der Waals surface area (Å²) in [5, 5.41) is 11.5. The first kappa shape index (κ1) is 15.5. The molecule has 0 saturated heterocycles. The van der Waals surface area contributed by atoms with Crippen LogP contribution in [-0.2, 0) is 11.3 Å². The Morgan fingerprint density at radius 1 is 1.26 bits per heavy atom. The van der Waals surface area contributed by atoms with Crippen molar-refractivity contribution in [1.82, 2.24) is 5.32 Å². The Morgan fingerprint density at radius 2 is 2.00 bits per heavy atom. The fraction of sp³-hybridized carbons (Fsp3) is 0.533. The smallest absolute Gasteiger partial charge is 0.407 e. The molecule has 1 unspecified atom stereocenters. The van der Waals surface area contributed by atoms with E-state index in [4.69, 9.17) is 9.84 Å². The third-order valence-electron chi connectivity index (χ3n) is 2.87. The van der Waals surface area contributed by atoms with Crippen LogP contribution < -0.4 is 5.32 Å². The highest BCUT2D eigenvalue weighted by Crippen LogP contribution is 2.04. The molecule has 0 aliphatic heterocycles. The number of ether oxygens (including phenoxy) is 1. The molecule has 1 aromatic carbocycles. The molecule has 0 heterocycles. The van der Waals surface area contributed by atoms with Gasteiger partial charge in [0.2, 0.25) is 0 Å². The molecular weight excluding hydrogens is 242 g/mol. The summed E-state index contributed by atoms with van der Waals surface area (Å²) in [5.74, 6) is 0. The van der Waals surface area contributed by atoms with E-state index in [9.17, 15) is 4.79 Å². The van der Waals surface area contributed by atoms with E-state index in [1.165, 1.54) is 0 Å². The molecule has 0 bridgehead atoms. The molecule has 19 heavy (non-hydrogen) atoms. The summed E-state index contributed by atoms with van der Waals surface area (Å²) in [7, 11) is 0. The lowest BCUT2D eigenvalue weighted by atomic mass is 10.1. The van der Waals surface area contributed by atoms with Gasteiger partial charge in [-0.3, -0.25) is 0 Å². The molecule has 0 aliphatic rings. The van der Waals surface area contributed by atoms with E-state index in [2.05, 4.69) is 5.32 Å². The number of aliphatic hydroxyl groups excluding tert-OH is 1. The summed E-state index contributed by atoms with van der Waals surface area (Å²) in [6.45, 7) is 2.49. The van der Waals surface area contributed by atoms with Gasteiger partial charge in [-0.25, -0.2) is 4.79 Å². The monoisotopic (exact) mass is 265 g/mol. The minimum atomic E-state index is -0.376. The maximum absolute atomic E-state index is 11.5. The van der Waals surface area contributed by atoms with E-state index in [1.54, 1.807) is 0 Å². The van der Waals surface area contributed by atoms with Gasteiger partial charge in [-0.05, 0) is 25.3 Å². The largest absolute Gasteiger partial charge is 0.445 e. The average molecular weight is 265 g/mol. The second kappa shape index (κ2) is 9.39. The molecule has 0 aliphatic carbocycles. The van der Waals surface area contributed by atoms with Crippen molar-refractivity contribution in [1.29, 1.82) is 0 Å². The molecule has 1 rings (SSSR count). The van der Waals surface area contributed by atoms with Crippen molar-refractivity contribution in [2.24, 2.45) is 0 Å². The van der Waals surface area contributed by atoms with Gasteiger partial charge >= 0.3 is 6.09 Å². The first-order valence-electron chi connectivity index (χ1n) is 6.80. The molecule has 1 amide bonds. The summed E-state index contributed by atoms with van der Waals surface area (Å²) in [6.07, 6.45) is 3.34. The second-order valence-electron chi connectivity index (χ2n) is 4.68. The van der Waals surface area contributed by atoms with Gasteiger partial charge in [0.25, 0.3) is 0 Å². The van der Waals surface area contributed by atoms with Crippen LogP contribution in [0.3, 0.4) is 0 Å². The van der Waals surface area contributed by atoms with Crippen molar-refractivity contribution < 1.29 is 14.6 Å². The number of hydrogen-bond donors (Lipinski definition) is 2. The number of alkyl carbamates (subject to hydrolysis) is 1. The van der Waals surface area contributed by atoms with Gasteiger partial charge in [0.15, 0.2) is 0 Å². The average Bonchev–Trinajstić information content (AvgIpc) is 2.42. The zero-order valence-corrected chi connectivity index (χ0v) is 11.5. The number of hydrogen-bond acceptors (Lipinski definition) is 3. The van der Waals surface area contributed by atoms with Crippen molar-refractivity contribution in [3.63, 3.8) is 0 Å². The van der Waals surface area contributed by atoms with Crippen LogP contribution in [0.2, 0.25) is 0 Å². The Morgan fingerprint density at radius 3 is 2.68 bits per heavy atom. The van der Waals surface area contributed by atoms with Gasteiger partial charge < -0.3 is 15.2 Å². The normalized spacial score (nSPS) is 11.9. The minimum Gasteiger partial charge on any atom is -0.445 e. The number of aliphatic hydroxyl groups is 1. The van der Waals surface area contributed by atoms with Gasteiger partial charge in [0, 0.05) is 12.6 Å². The summed E-state index contributed by atoms with van der Waals surface area (Å²) >= 11 is 0. The predicted octanol–water partition coefficient (Wildman–Crippen LogP) is 2.85. The van der Waals surface area contributed by atoms with Gasteiger partial charge in [-0.2, -0.15) is 0 Å². The van der Waals surface area contributed by atoms with Crippen molar-refractivity contribution in [2.45, 2.75) is 45.3 Å². The molecule has 4 nitrogen and oxygen atoms in total. The Hall–Kier alpha value is -1.55. The Balaban J connectivity index is 2.13. The SMILES string of the molecule is CC(CCCCCO)NC(=O)OCc1ccccc1. The van der Waals surface area contributed by atoms with Gasteiger partial charge in [-0.1, -0.05) is 43.2 Å². The van der Waals surface area contributed by atoms with E-state index in [0.717, 1.165) is 31.2 Å². The van der Waals surface area contributed by atoms with Gasteiger partial charge in [-0.15, -0.1) is 0 Å². The van der Waals surface area contributed by atoms with E-state index >= 15 is 0 Å². The molecule has 1 aromatic rings. The van der Waals surface area contributed by atoms with Crippen molar-refractivity contribution >= 4 is 6.09 Å². The second-order valence-corrected chi connectivity index (χ2v) is 4.68. The number of carbonyl (C=O) groups excluding carboxylic acids is 1. The van der Waals surface area contributed by atoms with E-state index < -0.39 is 0 Å². The Bertz CT molecular complexity index is 354. The van der Waals surface area contributed by atoms with Crippen molar-refractivity contribution in [3.8, 4) is 0 Å². The number of carbonyl (C=O) groups is 1. The van der Waals surface area contributed by atoms with Crippen LogP contribution in [0, 0.1) is 0 Å². The van der Waals surface area contributed by atoms with Crippen molar-refractivity contribution in [3.05, 3.63) is 35.9 Å². The molecule has 0 aromatic heterocycles. The summed E-state index contributed by atoms with van der Waals surface area (Å²) < 4.78 is 5.14. The fourth-order valence-electron chi connectivity index (χ4n) is 1.78. The maximum Gasteiger partial charge on any atom is 0.407 e. The van der Waals surface area contributed by atoms with E-state index in [-0.39, 0.29) is 18.7 Å². The molecule has 2 N–H and O–H groups in total. The number of amides is 1. The Labute approximate surface area is 114 Å². The first-order valence-corrected chi connectivity index (χ1v) is 6.80. The summed E-state index contributed by atoms with van der Waals surface area (Å²) in [6, 6.07) is 9.71. The summed E-state index contributed by atoms with van der Waals surface area (Å²) in [4.78, 5) is 11.5. The number of rotatable bonds is 8. The van der Waals surface area contributed by atoms with Crippen LogP contribution in [0.4, 0.5) is 4.79 Å². The molecule has 0 fully saturated rings. The van der Waals surface area contributed by atoms with Crippen LogP contribution in [0.25, 0.3) is 0 Å². The zero-order valence-electron chi connectivity index (χ0n) is 11.5. The Kier molecular flexibility index (Phi) is 7.66. The lowest BCUT2D eigenvalue weighted by Gasteiger charge is -2.13. The molecule has 0 radical (unpaired) electrons. The van der Waals surface area contributed by atoms with Gasteiger partial charge in [0.1, 0.15) is 6.61 Å². The van der Waals surface area contributed by atoms with E-state index in [0.29, 0.717) is 6.61 Å². The maximum atomic E-state index is 11.5. The quantitative estimate of drug-likeness (QED) is 0.711. The lowest BCUT2D eigenvalue weighted by molar-refractivity contribution is 0.135. The van der Waals surface area contributed by atoms with Crippen LogP contribution in [-0.4, -0.2) is 23.8 Å². The molecule has 1 atom stereocenters. The highest BCUT2D eigenvalue weighted by Gasteiger charge is 2.07. The number of benzene rings is 1. The third-order valence-corrected chi connectivity index (χ3v) is 2.87. The molecule has 0 saturated carbocycles. The van der Waals surface area contributed by atoms with E-state index in [1.807, 2.05) is 37.3 Å². The van der Waals surface area contributed by atoms with Crippen LogP contribution in [0.15, 0.2) is 30.3 Å². The van der Waals surface area contributed by atoms with Gasteiger partial charge in [0.05, 0.1) is 0 Å². The van der Waals surface area contributed by atoms with Crippen LogP contribution >= 0.6 is 0 Å². The lowest BCUT2D eigenvalue weighted by Crippen LogP contribution is -2.32. The zero-order chi connectivity index (χ0) is 13.9. The molecular formula is C15H23NO3. The predicted molar refractivity (Wildman–Crippen MR) is 74.8 cm³/mol. The number of nitrogens with one attached hydrogen (secondary N) is 1. The number of unbranched alkanes of at least 4 members (excludes halogenated alkanes) is 2. The molecule has 4 heteroatoms. The molecule has 106 valence electrons. The van der Waals surface area contributed by atoms with Crippen molar-refractivity contribution in [2.75, 3.05) is 6.61 Å². The van der Waals surface area contributed by atoms with Crippen LogP contribution in [0.5, 0.6) is 0 Å². The summed E-state index contributed by atoms with van der Waals surface area (Å²) in [5.41, 5.74) is 0.980. The highest BCUT2D eigenvalue weighted by atomic mass is 16.5. The first-order chi connectivity index (χ1) is 9.22. The fourth-order valence-corrected chi connectivity index (χ4v) is 1.78. The minimum absolute atomic E-state index is 0.0990. The molecule has 0 spiro atoms. The van der Waals surface area contributed by atoms with Crippen LogP contribution in [0.1, 0.15) is 38.2 Å². The third kappa shape index (κ3) is 7.47. The highest BCUT2D eigenvalue weighted by molar-refractivity contribution is 5.67.